The van der Waals surface area contributed by atoms with Gasteiger partial charge in [0.25, 0.3) is 5.91 Å². The molecule has 0 radical (unpaired) electrons. The van der Waals surface area contributed by atoms with Crippen LogP contribution in [-0.4, -0.2) is 5.91 Å². The lowest BCUT2D eigenvalue weighted by Gasteiger charge is -2.09. The lowest BCUT2D eigenvalue weighted by molar-refractivity contribution is 0.102. The van der Waals surface area contributed by atoms with Crippen molar-refractivity contribution >= 4 is 68.4 Å². The summed E-state index contributed by atoms with van der Waals surface area (Å²) in [4.78, 5) is 12.2. The summed E-state index contributed by atoms with van der Waals surface area (Å²) in [5.74, 6) is -0.601. The van der Waals surface area contributed by atoms with E-state index in [1.807, 2.05) is 22.6 Å². The highest BCUT2D eigenvalue weighted by molar-refractivity contribution is 14.1. The van der Waals surface area contributed by atoms with E-state index in [9.17, 15) is 9.18 Å². The predicted molar refractivity (Wildman–Crippen MR) is 91.2 cm³/mol. The van der Waals surface area contributed by atoms with Gasteiger partial charge in [0, 0.05) is 12.2 Å². The van der Waals surface area contributed by atoms with Crippen molar-refractivity contribution in [2.75, 3.05) is 5.32 Å². The first-order valence-electron chi connectivity index (χ1n) is 5.19. The van der Waals surface area contributed by atoms with E-state index in [1.165, 1.54) is 18.2 Å². The number of carbonyl (C=O) groups excluding carboxylic acids is 1. The fourth-order valence-electron chi connectivity index (χ4n) is 1.45. The molecule has 0 aliphatic carbocycles. The van der Waals surface area contributed by atoms with Gasteiger partial charge in [-0.3, -0.25) is 4.79 Å². The molecule has 0 saturated heterocycles. The third-order valence-corrected chi connectivity index (χ3v) is 4.42. The maximum absolute atomic E-state index is 13.0. The van der Waals surface area contributed by atoms with Gasteiger partial charge in [0.15, 0.2) is 0 Å². The van der Waals surface area contributed by atoms with Crippen molar-refractivity contribution in [1.82, 2.24) is 0 Å². The summed E-state index contributed by atoms with van der Waals surface area (Å²) < 4.78 is 14.4. The second-order valence-corrected chi connectivity index (χ2v) is 6.46. The number of anilines is 1. The van der Waals surface area contributed by atoms with Crippen molar-refractivity contribution in [3.8, 4) is 0 Å². The van der Waals surface area contributed by atoms with E-state index >= 15 is 0 Å². The standard InChI is InChI=1S/C13H7ClFI2NO/c14-7-1-3-10(16)9(5-7)13(19)18-12-4-2-8(15)6-11(12)17/h1-6H,(H,18,19). The Morgan fingerprint density at radius 2 is 1.84 bits per heavy atom. The Bertz CT molecular complexity index is 649. The van der Waals surface area contributed by atoms with Gasteiger partial charge < -0.3 is 5.32 Å². The third-order valence-electron chi connectivity index (χ3n) is 2.35. The summed E-state index contributed by atoms with van der Waals surface area (Å²) in [6.07, 6.45) is 0. The first-order valence-corrected chi connectivity index (χ1v) is 7.72. The molecule has 0 fully saturated rings. The number of carbonyl (C=O) groups is 1. The summed E-state index contributed by atoms with van der Waals surface area (Å²) in [6, 6.07) is 9.30. The van der Waals surface area contributed by atoms with Gasteiger partial charge in [-0.1, -0.05) is 11.6 Å². The highest BCUT2D eigenvalue weighted by Crippen LogP contribution is 2.22. The van der Waals surface area contributed by atoms with Gasteiger partial charge in [-0.2, -0.15) is 0 Å². The van der Waals surface area contributed by atoms with E-state index in [0.29, 0.717) is 19.8 Å². The van der Waals surface area contributed by atoms with Crippen LogP contribution in [-0.2, 0) is 0 Å². The molecule has 0 atom stereocenters. The molecule has 2 aromatic rings. The zero-order valence-corrected chi connectivity index (χ0v) is 14.5. The Hall–Kier alpha value is -0.410. The summed E-state index contributed by atoms with van der Waals surface area (Å²) in [5, 5.41) is 3.24. The minimum absolute atomic E-state index is 0.267. The smallest absolute Gasteiger partial charge is 0.256 e. The molecule has 0 unspecified atom stereocenters. The average molecular weight is 501 g/mol. The minimum atomic E-state index is -0.334. The summed E-state index contributed by atoms with van der Waals surface area (Å²) >= 11 is 9.92. The van der Waals surface area contributed by atoms with Gasteiger partial charge in [0.05, 0.1) is 11.3 Å². The Labute approximate surface area is 142 Å². The Morgan fingerprint density at radius 3 is 2.53 bits per heavy atom. The molecule has 0 aliphatic heterocycles. The molecule has 0 saturated carbocycles. The fraction of sp³-hybridized carbons (Fsp3) is 0. The van der Waals surface area contributed by atoms with Crippen LogP contribution in [0.5, 0.6) is 0 Å². The van der Waals surface area contributed by atoms with E-state index in [0.717, 1.165) is 3.57 Å². The van der Waals surface area contributed by atoms with Crippen LogP contribution in [0.4, 0.5) is 10.1 Å². The molecule has 1 amide bonds. The number of amides is 1. The zero-order chi connectivity index (χ0) is 14.0. The molecular formula is C13H7ClFI2NO. The summed E-state index contributed by atoms with van der Waals surface area (Å²) in [6.45, 7) is 0. The normalized spacial score (nSPS) is 10.3. The minimum Gasteiger partial charge on any atom is -0.321 e. The molecule has 19 heavy (non-hydrogen) atoms. The Balaban J connectivity index is 2.28. The van der Waals surface area contributed by atoms with Crippen LogP contribution in [0.25, 0.3) is 0 Å². The van der Waals surface area contributed by atoms with Crippen LogP contribution < -0.4 is 5.32 Å². The van der Waals surface area contributed by atoms with E-state index < -0.39 is 0 Å². The molecule has 2 rings (SSSR count). The molecule has 6 heteroatoms. The lowest BCUT2D eigenvalue weighted by atomic mass is 10.2. The first kappa shape index (κ1) is 15.0. The van der Waals surface area contributed by atoms with Crippen molar-refractivity contribution in [2.45, 2.75) is 0 Å². The molecule has 0 aliphatic rings. The first-order chi connectivity index (χ1) is 8.97. The van der Waals surface area contributed by atoms with E-state index in [4.69, 9.17) is 11.6 Å². The van der Waals surface area contributed by atoms with Crippen LogP contribution in [0.1, 0.15) is 10.4 Å². The maximum atomic E-state index is 13.0. The van der Waals surface area contributed by atoms with Gasteiger partial charge in [-0.25, -0.2) is 4.39 Å². The van der Waals surface area contributed by atoms with Gasteiger partial charge in [0.1, 0.15) is 5.82 Å². The van der Waals surface area contributed by atoms with Crippen LogP contribution in [0.15, 0.2) is 36.4 Å². The van der Waals surface area contributed by atoms with Crippen LogP contribution in [0.2, 0.25) is 5.02 Å². The largest absolute Gasteiger partial charge is 0.321 e. The summed E-state index contributed by atoms with van der Waals surface area (Å²) in [5.41, 5.74) is 1.07. The number of halogens is 4. The average Bonchev–Trinajstić information content (AvgIpc) is 2.35. The van der Waals surface area contributed by atoms with Gasteiger partial charge in [-0.05, 0) is 81.6 Å². The molecule has 0 heterocycles. The van der Waals surface area contributed by atoms with Crippen molar-refractivity contribution in [3.05, 3.63) is 59.9 Å². The number of benzene rings is 2. The van der Waals surface area contributed by atoms with Crippen LogP contribution >= 0.6 is 56.8 Å². The molecule has 98 valence electrons. The third kappa shape index (κ3) is 3.79. The highest BCUT2D eigenvalue weighted by Gasteiger charge is 2.12. The van der Waals surface area contributed by atoms with E-state index in [1.54, 1.807) is 18.2 Å². The SMILES string of the molecule is O=C(Nc1ccc(F)cc1I)c1cc(Cl)ccc1I. The van der Waals surface area contributed by atoms with Crippen molar-refractivity contribution < 1.29 is 9.18 Å². The molecule has 1 N–H and O–H groups in total. The molecule has 2 nitrogen and oxygen atoms in total. The second kappa shape index (κ2) is 6.36. The molecule has 0 spiro atoms. The summed E-state index contributed by atoms with van der Waals surface area (Å²) in [7, 11) is 0. The number of rotatable bonds is 2. The van der Waals surface area contributed by atoms with Crippen molar-refractivity contribution in [1.29, 1.82) is 0 Å². The van der Waals surface area contributed by atoms with Crippen LogP contribution in [0, 0.1) is 13.0 Å². The quantitative estimate of drug-likeness (QED) is 0.581. The second-order valence-electron chi connectivity index (χ2n) is 3.70. The Kier molecular flexibility index (Phi) is 5.02. The predicted octanol–water partition coefficient (Wildman–Crippen LogP) is 4.94. The topological polar surface area (TPSA) is 29.1 Å². The molecular weight excluding hydrogens is 494 g/mol. The molecule has 0 bridgehead atoms. The van der Waals surface area contributed by atoms with Gasteiger partial charge in [0.2, 0.25) is 0 Å². The number of hydrogen-bond acceptors (Lipinski definition) is 1. The fourth-order valence-corrected chi connectivity index (χ4v) is 2.82. The van der Waals surface area contributed by atoms with Crippen molar-refractivity contribution in [2.24, 2.45) is 0 Å². The monoisotopic (exact) mass is 501 g/mol. The highest BCUT2D eigenvalue weighted by atomic mass is 127. The number of nitrogens with one attached hydrogen (secondary N) is 1. The van der Waals surface area contributed by atoms with E-state index in [-0.39, 0.29) is 11.7 Å². The Morgan fingerprint density at radius 1 is 1.11 bits per heavy atom. The molecule has 0 aromatic heterocycles. The van der Waals surface area contributed by atoms with Gasteiger partial charge >= 0.3 is 0 Å². The zero-order valence-electron chi connectivity index (χ0n) is 9.38. The lowest BCUT2D eigenvalue weighted by Crippen LogP contribution is -2.14. The molecule has 2 aromatic carbocycles. The number of hydrogen-bond donors (Lipinski definition) is 1. The van der Waals surface area contributed by atoms with Crippen molar-refractivity contribution in [3.63, 3.8) is 0 Å². The van der Waals surface area contributed by atoms with Crippen LogP contribution in [0.3, 0.4) is 0 Å². The van der Waals surface area contributed by atoms with Gasteiger partial charge in [-0.15, -0.1) is 0 Å². The van der Waals surface area contributed by atoms with E-state index in [2.05, 4.69) is 27.9 Å². The maximum Gasteiger partial charge on any atom is 0.256 e.